The lowest BCUT2D eigenvalue weighted by Gasteiger charge is -2.33. The second-order valence-electron chi connectivity index (χ2n) is 6.73. The van der Waals surface area contributed by atoms with E-state index in [9.17, 15) is 18.0 Å². The fourth-order valence-electron chi connectivity index (χ4n) is 2.80. The van der Waals surface area contributed by atoms with Crippen LogP contribution in [-0.2, 0) is 14.8 Å². The molecule has 0 radical (unpaired) electrons. The predicted molar refractivity (Wildman–Crippen MR) is 103 cm³/mol. The van der Waals surface area contributed by atoms with Crippen molar-refractivity contribution in [1.82, 2.24) is 19.8 Å². The monoisotopic (exact) mass is 396 g/mol. The van der Waals surface area contributed by atoms with Gasteiger partial charge in [-0.15, -0.1) is 0 Å². The number of sulfonamides is 1. The van der Waals surface area contributed by atoms with E-state index in [4.69, 9.17) is 0 Å². The van der Waals surface area contributed by atoms with E-state index in [1.54, 1.807) is 12.1 Å². The minimum atomic E-state index is -3.54. The highest BCUT2D eigenvalue weighted by molar-refractivity contribution is 7.89. The average Bonchev–Trinajstić information content (AvgIpc) is 2.62. The molecule has 1 aliphatic heterocycles. The fourth-order valence-corrected chi connectivity index (χ4v) is 4.31. The van der Waals surface area contributed by atoms with Gasteiger partial charge in [0.15, 0.2) is 0 Å². The lowest BCUT2D eigenvalue weighted by Crippen LogP contribution is -2.52. The molecule has 0 atom stereocenters. The summed E-state index contributed by atoms with van der Waals surface area (Å²) >= 11 is 0. The van der Waals surface area contributed by atoms with Crippen molar-refractivity contribution in [3.8, 4) is 0 Å². The number of nitrogens with one attached hydrogen (secondary N) is 2. The summed E-state index contributed by atoms with van der Waals surface area (Å²) in [5.41, 5.74) is 1.99. The zero-order chi connectivity index (χ0) is 20.0. The zero-order valence-electron chi connectivity index (χ0n) is 16.1. The van der Waals surface area contributed by atoms with Gasteiger partial charge < -0.3 is 5.32 Å². The van der Waals surface area contributed by atoms with E-state index in [2.05, 4.69) is 10.6 Å². The molecule has 2 N–H and O–H groups in total. The van der Waals surface area contributed by atoms with Gasteiger partial charge in [0.05, 0.1) is 11.4 Å². The van der Waals surface area contributed by atoms with Crippen molar-refractivity contribution in [2.75, 3.05) is 39.3 Å². The molecule has 1 heterocycles. The Labute approximate surface area is 161 Å². The standard InChI is InChI=1S/C18H28N4O4S/c1-4-7-19-18(24)20-17(23)13-21-8-10-22(11-9-21)27(25,26)16-6-5-14(2)15(3)12-16/h5-6,12H,4,7-11,13H2,1-3H3,(H2,19,20,23,24). The normalized spacial score (nSPS) is 16.1. The van der Waals surface area contributed by atoms with Crippen LogP contribution in [0, 0.1) is 13.8 Å². The van der Waals surface area contributed by atoms with E-state index in [1.165, 1.54) is 4.31 Å². The lowest BCUT2D eigenvalue weighted by molar-refractivity contribution is -0.121. The number of rotatable bonds is 6. The number of aryl methyl sites for hydroxylation is 2. The van der Waals surface area contributed by atoms with Crippen LogP contribution >= 0.6 is 0 Å². The van der Waals surface area contributed by atoms with Crippen LogP contribution in [0.15, 0.2) is 23.1 Å². The summed E-state index contributed by atoms with van der Waals surface area (Å²) in [5, 5.41) is 4.86. The van der Waals surface area contributed by atoms with Crippen LogP contribution < -0.4 is 10.6 Å². The number of benzene rings is 1. The summed E-state index contributed by atoms with van der Waals surface area (Å²) in [6.45, 7) is 7.83. The van der Waals surface area contributed by atoms with Crippen LogP contribution in [0.2, 0.25) is 0 Å². The van der Waals surface area contributed by atoms with Crippen LogP contribution in [0.5, 0.6) is 0 Å². The summed E-state index contributed by atoms with van der Waals surface area (Å²) in [5.74, 6) is -0.394. The van der Waals surface area contributed by atoms with Gasteiger partial charge in [-0.05, 0) is 43.5 Å². The van der Waals surface area contributed by atoms with Gasteiger partial charge in [-0.3, -0.25) is 15.0 Å². The molecule has 0 aliphatic carbocycles. The van der Waals surface area contributed by atoms with E-state index in [0.717, 1.165) is 17.5 Å². The number of carbonyl (C=O) groups is 2. The van der Waals surface area contributed by atoms with Crippen LogP contribution in [0.25, 0.3) is 0 Å². The number of hydrogen-bond donors (Lipinski definition) is 2. The molecule has 150 valence electrons. The minimum Gasteiger partial charge on any atom is -0.338 e. The Balaban J connectivity index is 1.88. The molecule has 8 nitrogen and oxygen atoms in total. The molecular formula is C18H28N4O4S. The maximum Gasteiger partial charge on any atom is 0.321 e. The van der Waals surface area contributed by atoms with Gasteiger partial charge in [0.25, 0.3) is 0 Å². The first-order valence-corrected chi connectivity index (χ1v) is 10.6. The molecule has 0 saturated carbocycles. The van der Waals surface area contributed by atoms with Crippen LogP contribution in [0.4, 0.5) is 4.79 Å². The Kier molecular flexibility index (Phi) is 7.34. The van der Waals surface area contributed by atoms with E-state index in [1.807, 2.05) is 31.7 Å². The highest BCUT2D eigenvalue weighted by atomic mass is 32.2. The molecule has 1 aliphatic rings. The minimum absolute atomic E-state index is 0.0665. The molecule has 2 rings (SSSR count). The quantitative estimate of drug-likeness (QED) is 0.743. The SMILES string of the molecule is CCCNC(=O)NC(=O)CN1CCN(S(=O)(=O)c2ccc(C)c(C)c2)CC1. The third kappa shape index (κ3) is 5.75. The number of nitrogens with zero attached hydrogens (tertiary/aromatic N) is 2. The lowest BCUT2D eigenvalue weighted by atomic mass is 10.1. The van der Waals surface area contributed by atoms with Crippen LogP contribution in [0.3, 0.4) is 0 Å². The summed E-state index contributed by atoms with van der Waals surface area (Å²) in [4.78, 5) is 25.5. The summed E-state index contributed by atoms with van der Waals surface area (Å²) in [7, 11) is -3.54. The zero-order valence-corrected chi connectivity index (χ0v) is 16.9. The second-order valence-corrected chi connectivity index (χ2v) is 8.67. The molecular weight excluding hydrogens is 368 g/mol. The van der Waals surface area contributed by atoms with Crippen molar-refractivity contribution in [3.63, 3.8) is 0 Å². The van der Waals surface area contributed by atoms with Crippen molar-refractivity contribution < 1.29 is 18.0 Å². The largest absolute Gasteiger partial charge is 0.338 e. The van der Waals surface area contributed by atoms with Gasteiger partial charge >= 0.3 is 6.03 Å². The van der Waals surface area contributed by atoms with Crippen molar-refractivity contribution in [2.24, 2.45) is 0 Å². The average molecular weight is 397 g/mol. The van der Waals surface area contributed by atoms with Gasteiger partial charge in [0.2, 0.25) is 15.9 Å². The molecule has 0 spiro atoms. The van der Waals surface area contributed by atoms with Crippen molar-refractivity contribution in [2.45, 2.75) is 32.1 Å². The van der Waals surface area contributed by atoms with Crippen molar-refractivity contribution in [3.05, 3.63) is 29.3 Å². The first-order valence-electron chi connectivity index (χ1n) is 9.11. The molecule has 0 bridgehead atoms. The molecule has 0 aromatic heterocycles. The molecule has 0 unspecified atom stereocenters. The van der Waals surface area contributed by atoms with Crippen LogP contribution in [-0.4, -0.2) is 68.8 Å². The Morgan fingerprint density at radius 1 is 1.07 bits per heavy atom. The van der Waals surface area contributed by atoms with E-state index >= 15 is 0 Å². The predicted octanol–water partition coefficient (Wildman–Crippen LogP) is 0.846. The van der Waals surface area contributed by atoms with Crippen LogP contribution in [0.1, 0.15) is 24.5 Å². The number of piperazine rings is 1. The van der Waals surface area contributed by atoms with E-state index in [-0.39, 0.29) is 6.54 Å². The Morgan fingerprint density at radius 3 is 2.33 bits per heavy atom. The number of amides is 3. The third-order valence-corrected chi connectivity index (χ3v) is 6.50. The van der Waals surface area contributed by atoms with Gasteiger partial charge in [-0.25, -0.2) is 13.2 Å². The molecule has 9 heteroatoms. The number of urea groups is 1. The molecule has 3 amide bonds. The highest BCUT2D eigenvalue weighted by Gasteiger charge is 2.29. The number of carbonyl (C=O) groups excluding carboxylic acids is 2. The van der Waals surface area contributed by atoms with Gasteiger partial charge in [-0.1, -0.05) is 13.0 Å². The van der Waals surface area contributed by atoms with E-state index in [0.29, 0.717) is 37.6 Å². The Hall–Kier alpha value is -1.97. The molecule has 1 aromatic carbocycles. The first-order chi connectivity index (χ1) is 12.7. The second kappa shape index (κ2) is 9.29. The van der Waals surface area contributed by atoms with Crippen molar-refractivity contribution >= 4 is 22.0 Å². The topological polar surface area (TPSA) is 98.8 Å². The smallest absolute Gasteiger partial charge is 0.321 e. The maximum absolute atomic E-state index is 12.8. The van der Waals surface area contributed by atoms with Crippen molar-refractivity contribution in [1.29, 1.82) is 0 Å². The van der Waals surface area contributed by atoms with Gasteiger partial charge in [-0.2, -0.15) is 4.31 Å². The van der Waals surface area contributed by atoms with E-state index < -0.39 is 22.0 Å². The Morgan fingerprint density at radius 2 is 1.74 bits per heavy atom. The third-order valence-electron chi connectivity index (χ3n) is 4.60. The fraction of sp³-hybridized carbons (Fsp3) is 0.556. The number of imide groups is 1. The first kappa shape index (κ1) is 21.3. The Bertz CT molecular complexity index is 787. The molecule has 1 aromatic rings. The van der Waals surface area contributed by atoms with Gasteiger partial charge in [0, 0.05) is 32.7 Å². The maximum atomic E-state index is 12.8. The summed E-state index contributed by atoms with van der Waals surface area (Å²) in [6.07, 6.45) is 0.790. The molecule has 1 fully saturated rings. The highest BCUT2D eigenvalue weighted by Crippen LogP contribution is 2.20. The molecule has 27 heavy (non-hydrogen) atoms. The molecule has 1 saturated heterocycles. The summed E-state index contributed by atoms with van der Waals surface area (Å²) < 4.78 is 27.0. The van der Waals surface area contributed by atoms with Gasteiger partial charge in [0.1, 0.15) is 0 Å². The number of hydrogen-bond acceptors (Lipinski definition) is 5. The summed E-state index contributed by atoms with van der Waals surface area (Å²) in [6, 6.07) is 4.64.